The lowest BCUT2D eigenvalue weighted by molar-refractivity contribution is -0.102. The SMILES string of the molecule is CCOCc1cc(CN2CCC3(CC2)OCCc2cnc(C(C)C)nc23)ccc1OC. The van der Waals surface area contributed by atoms with Crippen molar-refractivity contribution in [2.75, 3.05) is 33.4 Å². The molecule has 4 rings (SSSR count). The van der Waals surface area contributed by atoms with E-state index in [2.05, 4.69) is 41.9 Å². The van der Waals surface area contributed by atoms with E-state index in [9.17, 15) is 0 Å². The predicted octanol–water partition coefficient (Wildman–Crippen LogP) is 4.21. The van der Waals surface area contributed by atoms with Crippen molar-refractivity contribution in [2.24, 2.45) is 0 Å². The van der Waals surface area contributed by atoms with E-state index < -0.39 is 0 Å². The highest BCUT2D eigenvalue weighted by Crippen LogP contribution is 2.41. The third kappa shape index (κ3) is 4.76. The fourth-order valence-electron chi connectivity index (χ4n) is 4.67. The fourth-order valence-corrected chi connectivity index (χ4v) is 4.67. The molecule has 0 aliphatic carbocycles. The number of likely N-dealkylation sites (tertiary alicyclic amines) is 1. The van der Waals surface area contributed by atoms with Gasteiger partial charge in [0.05, 0.1) is 26.0 Å². The van der Waals surface area contributed by atoms with Gasteiger partial charge in [-0.25, -0.2) is 9.97 Å². The first-order chi connectivity index (χ1) is 15.0. The van der Waals surface area contributed by atoms with Crippen molar-refractivity contribution in [3.05, 3.63) is 52.6 Å². The maximum atomic E-state index is 6.41. The number of fused-ring (bicyclic) bond motifs is 2. The average Bonchev–Trinajstić information content (AvgIpc) is 2.79. The lowest BCUT2D eigenvalue weighted by atomic mass is 9.83. The molecule has 0 atom stereocenters. The summed E-state index contributed by atoms with van der Waals surface area (Å²) in [5, 5.41) is 0. The first kappa shape index (κ1) is 22.2. The van der Waals surface area contributed by atoms with Crippen LogP contribution >= 0.6 is 0 Å². The van der Waals surface area contributed by atoms with E-state index in [1.807, 2.05) is 13.1 Å². The van der Waals surface area contributed by atoms with Gasteiger partial charge in [-0.2, -0.15) is 0 Å². The summed E-state index contributed by atoms with van der Waals surface area (Å²) in [6, 6.07) is 6.43. The molecule has 1 aromatic heterocycles. The number of piperidine rings is 1. The minimum atomic E-state index is -0.253. The normalized spacial score (nSPS) is 18.4. The van der Waals surface area contributed by atoms with Crippen molar-refractivity contribution in [1.82, 2.24) is 14.9 Å². The van der Waals surface area contributed by atoms with E-state index in [1.54, 1.807) is 7.11 Å². The molecule has 2 aliphatic rings. The quantitative estimate of drug-likeness (QED) is 0.662. The van der Waals surface area contributed by atoms with Crippen LogP contribution in [0.15, 0.2) is 24.4 Å². The molecule has 0 saturated carbocycles. The highest BCUT2D eigenvalue weighted by Gasteiger charge is 2.42. The number of aromatic nitrogens is 2. The second-order valence-electron chi connectivity index (χ2n) is 8.91. The van der Waals surface area contributed by atoms with Crippen LogP contribution in [0.3, 0.4) is 0 Å². The Bertz CT molecular complexity index is 892. The van der Waals surface area contributed by atoms with Gasteiger partial charge in [0.1, 0.15) is 17.2 Å². The van der Waals surface area contributed by atoms with Crippen molar-refractivity contribution in [1.29, 1.82) is 0 Å². The average molecular weight is 426 g/mol. The Morgan fingerprint density at radius 3 is 2.74 bits per heavy atom. The van der Waals surface area contributed by atoms with Crippen LogP contribution in [-0.4, -0.2) is 48.3 Å². The number of methoxy groups -OCH3 is 1. The number of rotatable bonds is 7. The van der Waals surface area contributed by atoms with Crippen molar-refractivity contribution < 1.29 is 14.2 Å². The van der Waals surface area contributed by atoms with Crippen molar-refractivity contribution in [2.45, 2.75) is 64.7 Å². The van der Waals surface area contributed by atoms with Crippen molar-refractivity contribution in [3.63, 3.8) is 0 Å². The lowest BCUT2D eigenvalue weighted by Gasteiger charge is -2.44. The maximum absolute atomic E-state index is 6.41. The van der Waals surface area contributed by atoms with Gasteiger partial charge in [0.25, 0.3) is 0 Å². The molecular formula is C25H35N3O3. The minimum Gasteiger partial charge on any atom is -0.496 e. The Morgan fingerprint density at radius 2 is 2.03 bits per heavy atom. The molecule has 1 fully saturated rings. The third-order valence-electron chi connectivity index (χ3n) is 6.46. The second kappa shape index (κ2) is 9.63. The molecule has 168 valence electrons. The van der Waals surface area contributed by atoms with Crippen LogP contribution in [0.2, 0.25) is 0 Å². The molecule has 6 nitrogen and oxygen atoms in total. The third-order valence-corrected chi connectivity index (χ3v) is 6.46. The van der Waals surface area contributed by atoms with Crippen LogP contribution in [0, 0.1) is 0 Å². The van der Waals surface area contributed by atoms with Gasteiger partial charge < -0.3 is 14.2 Å². The largest absolute Gasteiger partial charge is 0.496 e. The summed E-state index contributed by atoms with van der Waals surface area (Å²) >= 11 is 0. The summed E-state index contributed by atoms with van der Waals surface area (Å²) in [5.74, 6) is 2.14. The highest BCUT2D eigenvalue weighted by molar-refractivity contribution is 5.37. The van der Waals surface area contributed by atoms with Gasteiger partial charge in [-0.15, -0.1) is 0 Å². The van der Waals surface area contributed by atoms with Gasteiger partial charge in [-0.05, 0) is 49.4 Å². The second-order valence-corrected chi connectivity index (χ2v) is 8.91. The van der Waals surface area contributed by atoms with Gasteiger partial charge in [0.15, 0.2) is 0 Å². The summed E-state index contributed by atoms with van der Waals surface area (Å²) in [4.78, 5) is 12.1. The number of ether oxygens (including phenoxy) is 3. The molecule has 3 heterocycles. The molecule has 0 N–H and O–H groups in total. The molecule has 2 aromatic rings. The number of nitrogens with zero attached hydrogens (tertiary/aromatic N) is 3. The summed E-state index contributed by atoms with van der Waals surface area (Å²) in [6.07, 6.45) is 4.88. The summed E-state index contributed by atoms with van der Waals surface area (Å²) in [7, 11) is 1.71. The molecule has 0 radical (unpaired) electrons. The van der Waals surface area contributed by atoms with Crippen LogP contribution < -0.4 is 4.74 Å². The molecule has 31 heavy (non-hydrogen) atoms. The van der Waals surface area contributed by atoms with Crippen molar-refractivity contribution >= 4 is 0 Å². The van der Waals surface area contributed by atoms with E-state index in [-0.39, 0.29) is 5.60 Å². The van der Waals surface area contributed by atoms with E-state index >= 15 is 0 Å². The maximum Gasteiger partial charge on any atom is 0.131 e. The Balaban J connectivity index is 1.46. The van der Waals surface area contributed by atoms with Crippen LogP contribution in [0.5, 0.6) is 5.75 Å². The number of benzene rings is 1. The first-order valence-corrected chi connectivity index (χ1v) is 11.5. The van der Waals surface area contributed by atoms with E-state index in [0.717, 1.165) is 68.3 Å². The van der Waals surface area contributed by atoms with E-state index in [0.29, 0.717) is 19.1 Å². The van der Waals surface area contributed by atoms with E-state index in [4.69, 9.17) is 19.2 Å². The van der Waals surface area contributed by atoms with Gasteiger partial charge in [-0.3, -0.25) is 4.90 Å². The Kier molecular flexibility index (Phi) is 6.89. The number of hydrogen-bond donors (Lipinski definition) is 0. The Labute approximate surface area is 185 Å². The topological polar surface area (TPSA) is 56.7 Å². The molecule has 6 heteroatoms. The molecule has 1 saturated heterocycles. The zero-order valence-electron chi connectivity index (χ0n) is 19.3. The lowest BCUT2D eigenvalue weighted by Crippen LogP contribution is -2.47. The highest BCUT2D eigenvalue weighted by atomic mass is 16.5. The molecule has 0 amide bonds. The molecule has 0 unspecified atom stereocenters. The molecule has 1 aromatic carbocycles. The Hall–Kier alpha value is -2.02. The molecular weight excluding hydrogens is 390 g/mol. The molecule has 1 spiro atoms. The molecule has 2 aliphatic heterocycles. The first-order valence-electron chi connectivity index (χ1n) is 11.5. The summed E-state index contributed by atoms with van der Waals surface area (Å²) in [5.41, 5.74) is 4.55. The van der Waals surface area contributed by atoms with Crippen LogP contribution in [0.1, 0.15) is 67.7 Å². The fraction of sp³-hybridized carbons (Fsp3) is 0.600. The van der Waals surface area contributed by atoms with Crippen LogP contribution in [0.25, 0.3) is 0 Å². The monoisotopic (exact) mass is 425 g/mol. The van der Waals surface area contributed by atoms with Gasteiger partial charge in [0.2, 0.25) is 0 Å². The summed E-state index contributed by atoms with van der Waals surface area (Å²) < 4.78 is 17.5. The Morgan fingerprint density at radius 1 is 1.23 bits per heavy atom. The zero-order chi connectivity index (χ0) is 21.8. The minimum absolute atomic E-state index is 0.253. The smallest absolute Gasteiger partial charge is 0.131 e. The van der Waals surface area contributed by atoms with Gasteiger partial charge in [0, 0.05) is 43.9 Å². The predicted molar refractivity (Wildman–Crippen MR) is 120 cm³/mol. The standard InChI is InChI=1S/C25H35N3O3/c1-5-30-17-21-14-19(6-7-22(21)29-4)16-28-11-9-25(10-12-28)23-20(8-13-31-25)15-26-24(27-23)18(2)3/h6-7,14-15,18H,5,8-13,16-17H2,1-4H3. The summed E-state index contributed by atoms with van der Waals surface area (Å²) in [6.45, 7) is 11.3. The zero-order valence-corrected chi connectivity index (χ0v) is 19.3. The van der Waals surface area contributed by atoms with Gasteiger partial charge >= 0.3 is 0 Å². The number of hydrogen-bond acceptors (Lipinski definition) is 6. The van der Waals surface area contributed by atoms with Crippen molar-refractivity contribution in [3.8, 4) is 5.75 Å². The molecule has 0 bridgehead atoms. The van der Waals surface area contributed by atoms with Crippen LogP contribution in [-0.2, 0) is 34.6 Å². The van der Waals surface area contributed by atoms with Crippen LogP contribution in [0.4, 0.5) is 0 Å². The van der Waals surface area contributed by atoms with Gasteiger partial charge in [-0.1, -0.05) is 19.9 Å². The van der Waals surface area contributed by atoms with E-state index in [1.165, 1.54) is 11.1 Å².